The number of ether oxygens (including phenoxy) is 2. The van der Waals surface area contributed by atoms with Gasteiger partial charge in [0, 0.05) is 17.6 Å². The summed E-state index contributed by atoms with van der Waals surface area (Å²) >= 11 is 11.6. The van der Waals surface area contributed by atoms with Gasteiger partial charge in [-0.25, -0.2) is 13.6 Å². The van der Waals surface area contributed by atoms with Gasteiger partial charge in [-0.05, 0) is 47.1 Å². The molecule has 0 aliphatic heterocycles. The lowest BCUT2D eigenvalue weighted by atomic mass is 9.88. The number of benzene rings is 2. The highest BCUT2D eigenvalue weighted by atomic mass is 35.5. The van der Waals surface area contributed by atoms with Crippen LogP contribution in [0.3, 0.4) is 0 Å². The Bertz CT molecular complexity index is 1190. The summed E-state index contributed by atoms with van der Waals surface area (Å²) in [5.74, 6) is -0.491. The molecular formula is C31H39Cl2F2NO5. The highest BCUT2D eigenvalue weighted by Gasteiger charge is 2.25. The molecule has 2 aromatic rings. The molecule has 226 valence electrons. The maximum Gasteiger partial charge on any atom is 0.326 e. The molecule has 6 nitrogen and oxygen atoms in total. The zero-order valence-electron chi connectivity index (χ0n) is 24.1. The molecule has 1 fully saturated rings. The van der Waals surface area contributed by atoms with Crippen molar-refractivity contribution in [1.29, 1.82) is 0 Å². The minimum absolute atomic E-state index is 0.0334. The lowest BCUT2D eigenvalue weighted by Gasteiger charge is -2.18. The topological polar surface area (TPSA) is 84.9 Å². The van der Waals surface area contributed by atoms with Crippen molar-refractivity contribution in [2.24, 2.45) is 11.8 Å². The first-order chi connectivity index (χ1) is 19.3. The first-order valence-electron chi connectivity index (χ1n) is 13.6. The van der Waals surface area contributed by atoms with Crippen LogP contribution in [0.4, 0.5) is 8.78 Å². The van der Waals surface area contributed by atoms with Crippen LogP contribution in [0.15, 0.2) is 46.5 Å². The van der Waals surface area contributed by atoms with Crippen molar-refractivity contribution in [3.05, 3.63) is 63.2 Å². The second-order valence-electron chi connectivity index (χ2n) is 10.5. The van der Waals surface area contributed by atoms with Crippen LogP contribution in [0, 0.1) is 18.8 Å². The van der Waals surface area contributed by atoms with Crippen molar-refractivity contribution < 1.29 is 33.0 Å². The average Bonchev–Trinajstić information content (AvgIpc) is 2.87. The molecule has 2 aromatic carbocycles. The molecule has 1 amide bonds. The third kappa shape index (κ3) is 10.9. The van der Waals surface area contributed by atoms with E-state index in [1.807, 2.05) is 25.1 Å². The van der Waals surface area contributed by atoms with E-state index in [-0.39, 0.29) is 29.0 Å². The number of hydrogen-bond acceptors (Lipinski definition) is 4. The third-order valence-electron chi connectivity index (χ3n) is 6.80. The zero-order chi connectivity index (χ0) is 30.7. The van der Waals surface area contributed by atoms with Crippen molar-refractivity contribution in [2.75, 3.05) is 13.7 Å². The molecule has 1 aliphatic rings. The number of rotatable bonds is 12. The van der Waals surface area contributed by atoms with E-state index in [0.29, 0.717) is 16.9 Å². The van der Waals surface area contributed by atoms with Gasteiger partial charge < -0.3 is 19.9 Å². The van der Waals surface area contributed by atoms with Crippen molar-refractivity contribution in [1.82, 2.24) is 5.32 Å². The molecule has 0 aromatic heterocycles. The number of carboxylic acid groups (broad SMARTS) is 1. The number of aliphatic carboxylic acids is 1. The van der Waals surface area contributed by atoms with E-state index in [0.717, 1.165) is 22.6 Å². The van der Waals surface area contributed by atoms with Gasteiger partial charge in [0.15, 0.2) is 0 Å². The smallest absolute Gasteiger partial charge is 0.326 e. The van der Waals surface area contributed by atoms with Crippen LogP contribution >= 0.6 is 23.2 Å². The molecule has 1 saturated carbocycles. The summed E-state index contributed by atoms with van der Waals surface area (Å²) in [5.41, 5.74) is 4.01. The van der Waals surface area contributed by atoms with Gasteiger partial charge in [0.25, 0.3) is 12.3 Å². The van der Waals surface area contributed by atoms with Crippen LogP contribution < -0.4 is 10.1 Å². The summed E-state index contributed by atoms with van der Waals surface area (Å²) in [6.45, 7) is 7.03. The van der Waals surface area contributed by atoms with Crippen LogP contribution in [-0.4, -0.2) is 43.2 Å². The number of carbonyl (C=O) groups excluding carboxylic acids is 1. The van der Waals surface area contributed by atoms with E-state index in [4.69, 9.17) is 32.7 Å². The predicted molar refractivity (Wildman–Crippen MR) is 159 cm³/mol. The van der Waals surface area contributed by atoms with Gasteiger partial charge in [-0.3, -0.25) is 4.79 Å². The molecule has 3 rings (SSSR count). The van der Waals surface area contributed by atoms with Crippen molar-refractivity contribution >= 4 is 35.1 Å². The molecule has 0 saturated heterocycles. The lowest BCUT2D eigenvalue weighted by molar-refractivity contribution is -0.141. The highest BCUT2D eigenvalue weighted by Crippen LogP contribution is 2.35. The van der Waals surface area contributed by atoms with Gasteiger partial charge in [0.2, 0.25) is 0 Å². The molecule has 2 N–H and O–H groups in total. The van der Waals surface area contributed by atoms with Gasteiger partial charge in [-0.15, -0.1) is 0 Å². The summed E-state index contributed by atoms with van der Waals surface area (Å²) in [4.78, 5) is 24.3. The highest BCUT2D eigenvalue weighted by molar-refractivity contribution is 6.57. The van der Waals surface area contributed by atoms with E-state index in [2.05, 4.69) is 12.2 Å². The van der Waals surface area contributed by atoms with Crippen molar-refractivity contribution in [3.8, 4) is 16.9 Å². The fourth-order valence-corrected chi connectivity index (χ4v) is 4.97. The second-order valence-corrected chi connectivity index (χ2v) is 11.5. The first kappa shape index (κ1) is 34.5. The Kier molecular flexibility index (Phi) is 14.0. The van der Waals surface area contributed by atoms with Crippen LogP contribution in [-0.2, 0) is 27.4 Å². The van der Waals surface area contributed by atoms with E-state index in [1.54, 1.807) is 32.0 Å². The molecule has 0 bridgehead atoms. The summed E-state index contributed by atoms with van der Waals surface area (Å²) in [5, 5.41) is 12.1. The molecule has 0 heterocycles. The Labute approximate surface area is 251 Å². The summed E-state index contributed by atoms with van der Waals surface area (Å²) in [7, 11) is 1.52. The molecule has 1 aliphatic carbocycles. The fraction of sp³-hybridized carbons (Fsp3) is 0.484. The number of aryl methyl sites for hydroxylation is 1. The number of carboxylic acids is 1. The fourth-order valence-electron chi connectivity index (χ4n) is 4.36. The summed E-state index contributed by atoms with van der Waals surface area (Å²) in [6, 6.07) is 9.57. The molecule has 1 atom stereocenters. The maximum atomic E-state index is 12.5. The number of hydrogen-bond donors (Lipinski definition) is 2. The second kappa shape index (κ2) is 16.7. The van der Waals surface area contributed by atoms with E-state index in [9.17, 15) is 23.5 Å². The predicted octanol–water partition coefficient (Wildman–Crippen LogP) is 7.72. The minimum atomic E-state index is -2.54. The lowest BCUT2D eigenvalue weighted by Crippen LogP contribution is -2.43. The number of nitrogens with one attached hydrogen (secondary N) is 1. The van der Waals surface area contributed by atoms with Crippen LogP contribution in [0.25, 0.3) is 11.1 Å². The Morgan fingerprint density at radius 3 is 2.15 bits per heavy atom. The van der Waals surface area contributed by atoms with E-state index >= 15 is 0 Å². The largest absolute Gasteiger partial charge is 0.496 e. The number of amides is 1. The van der Waals surface area contributed by atoms with Gasteiger partial charge in [-0.2, -0.15) is 0 Å². The number of methoxy groups -OCH3 is 1. The van der Waals surface area contributed by atoms with Crippen molar-refractivity contribution in [3.63, 3.8) is 0 Å². The number of alkyl halides is 2. The third-order valence-corrected chi connectivity index (χ3v) is 7.20. The van der Waals surface area contributed by atoms with Gasteiger partial charge in [-0.1, -0.05) is 93.6 Å². The van der Waals surface area contributed by atoms with Crippen molar-refractivity contribution in [2.45, 2.75) is 72.5 Å². The molecular weight excluding hydrogens is 575 g/mol. The van der Waals surface area contributed by atoms with Gasteiger partial charge >= 0.3 is 5.97 Å². The maximum absolute atomic E-state index is 12.5. The van der Waals surface area contributed by atoms with Gasteiger partial charge in [0.05, 0.1) is 13.7 Å². The standard InChI is InChI=1S/C26H29Cl2F2NO5.C5H10/c1-14(2)22(24(27)28)25(32)31-19(26(33)34)10-16-5-7-18(8-6-16)23-15(3)9-17(11-20(23)35-4)12-36-13-21(29)30;1-5-3-2-4-5/h5-9,11,14,19,21H,10,12-13H2,1-4H3,(H,31,32)(H,33,34);5H,2-4H2,1H3. The Balaban J connectivity index is 0.00000106. The van der Waals surface area contributed by atoms with Crippen LogP contribution in [0.1, 0.15) is 56.7 Å². The van der Waals surface area contributed by atoms with Crippen LogP contribution in [0.5, 0.6) is 5.75 Å². The molecule has 41 heavy (non-hydrogen) atoms. The molecule has 1 unspecified atom stereocenters. The van der Waals surface area contributed by atoms with Gasteiger partial charge in [0.1, 0.15) is 22.9 Å². The Morgan fingerprint density at radius 2 is 1.71 bits per heavy atom. The monoisotopic (exact) mass is 613 g/mol. The van der Waals surface area contributed by atoms with E-state index < -0.39 is 31.0 Å². The minimum Gasteiger partial charge on any atom is -0.496 e. The normalized spacial score (nSPS) is 13.6. The van der Waals surface area contributed by atoms with Crippen LogP contribution in [0.2, 0.25) is 0 Å². The SMILES string of the molecule is CC1CCC1.COc1cc(COCC(F)F)cc(C)c1-c1ccc(CC(NC(=O)C(=C(Cl)Cl)C(C)C)C(=O)O)cc1. The molecule has 10 heteroatoms. The Morgan fingerprint density at radius 1 is 1.10 bits per heavy atom. The summed E-state index contributed by atoms with van der Waals surface area (Å²) in [6.07, 6.45) is 1.97. The molecule has 0 spiro atoms. The quantitative estimate of drug-likeness (QED) is 0.239. The zero-order valence-corrected chi connectivity index (χ0v) is 25.6. The average molecular weight is 615 g/mol. The first-order valence-corrected chi connectivity index (χ1v) is 14.3. The number of carbonyl (C=O) groups is 2. The summed E-state index contributed by atoms with van der Waals surface area (Å²) < 4.78 is 35.0. The molecule has 0 radical (unpaired) electrons. The number of halogens is 4. The van der Waals surface area contributed by atoms with E-state index in [1.165, 1.54) is 26.4 Å². The Hall–Kier alpha value is -2.68.